The molecule has 0 nitrogen and oxygen atoms in total. The van der Waals surface area contributed by atoms with Crippen molar-refractivity contribution in [2.24, 2.45) is 17.3 Å². The second-order valence-electron chi connectivity index (χ2n) is 6.07. The zero-order valence-electron chi connectivity index (χ0n) is 9.97. The largest absolute Gasteiger partial charge is 0.0827 e. The van der Waals surface area contributed by atoms with Gasteiger partial charge in [-0.3, -0.25) is 0 Å². The van der Waals surface area contributed by atoms with E-state index in [4.69, 9.17) is 0 Å². The highest BCUT2D eigenvalue weighted by Gasteiger charge is 2.37. The summed E-state index contributed by atoms with van der Waals surface area (Å²) in [6.07, 6.45) is 11.3. The topological polar surface area (TPSA) is 0 Å². The van der Waals surface area contributed by atoms with E-state index < -0.39 is 0 Å². The molecule has 1 fully saturated rings. The van der Waals surface area contributed by atoms with Crippen molar-refractivity contribution in [2.45, 2.75) is 59.3 Å². The van der Waals surface area contributed by atoms with E-state index in [0.29, 0.717) is 5.41 Å². The van der Waals surface area contributed by atoms with Crippen LogP contribution < -0.4 is 0 Å². The first kappa shape index (κ1) is 10.3. The summed E-state index contributed by atoms with van der Waals surface area (Å²) < 4.78 is 0. The van der Waals surface area contributed by atoms with Gasteiger partial charge in [0.15, 0.2) is 0 Å². The third-order valence-corrected chi connectivity index (χ3v) is 4.16. The van der Waals surface area contributed by atoms with E-state index in [-0.39, 0.29) is 0 Å². The first-order chi connectivity index (χ1) is 6.60. The Balaban J connectivity index is 2.12. The van der Waals surface area contributed by atoms with E-state index in [1.807, 2.05) is 0 Å². The van der Waals surface area contributed by atoms with E-state index in [0.717, 1.165) is 11.8 Å². The average Bonchev–Trinajstić information content (AvgIpc) is 1.99. The molecule has 0 heteroatoms. The van der Waals surface area contributed by atoms with Gasteiger partial charge in [-0.2, -0.15) is 0 Å². The van der Waals surface area contributed by atoms with Crippen LogP contribution >= 0.6 is 0 Å². The maximum absolute atomic E-state index is 2.49. The fraction of sp³-hybridized carbons (Fsp3) is 0.857. The Kier molecular flexibility index (Phi) is 2.72. The number of allylic oxidation sites excluding steroid dienone is 2. The summed E-state index contributed by atoms with van der Waals surface area (Å²) in [4.78, 5) is 0. The van der Waals surface area contributed by atoms with Gasteiger partial charge in [0.05, 0.1) is 0 Å². The first-order valence-corrected chi connectivity index (χ1v) is 6.27. The van der Waals surface area contributed by atoms with Crippen LogP contribution in [0.15, 0.2) is 11.6 Å². The van der Waals surface area contributed by atoms with Crippen molar-refractivity contribution < 1.29 is 0 Å². The molecule has 0 aromatic rings. The van der Waals surface area contributed by atoms with Gasteiger partial charge in [0.1, 0.15) is 0 Å². The third kappa shape index (κ3) is 2.04. The fourth-order valence-electron chi connectivity index (χ4n) is 4.07. The first-order valence-electron chi connectivity index (χ1n) is 6.27. The van der Waals surface area contributed by atoms with Gasteiger partial charge in [-0.05, 0) is 49.9 Å². The minimum absolute atomic E-state index is 0.704. The van der Waals surface area contributed by atoms with Crippen molar-refractivity contribution in [1.29, 1.82) is 0 Å². The molecule has 3 unspecified atom stereocenters. The van der Waals surface area contributed by atoms with Crippen LogP contribution in [0, 0.1) is 17.3 Å². The molecule has 3 atom stereocenters. The molecule has 0 N–H and O–H groups in total. The number of rotatable bonds is 0. The van der Waals surface area contributed by atoms with Gasteiger partial charge < -0.3 is 0 Å². The van der Waals surface area contributed by atoms with Crippen molar-refractivity contribution in [3.63, 3.8) is 0 Å². The summed E-state index contributed by atoms with van der Waals surface area (Å²) >= 11 is 0. The lowest BCUT2D eigenvalue weighted by Crippen LogP contribution is -2.32. The molecule has 80 valence electrons. The highest BCUT2D eigenvalue weighted by Crippen LogP contribution is 2.50. The van der Waals surface area contributed by atoms with Crippen LogP contribution in [0.1, 0.15) is 59.3 Å². The van der Waals surface area contributed by atoms with Crippen molar-refractivity contribution in [2.75, 3.05) is 0 Å². The number of hydrogen-bond acceptors (Lipinski definition) is 0. The van der Waals surface area contributed by atoms with Crippen LogP contribution in [0.5, 0.6) is 0 Å². The smallest absolute Gasteiger partial charge is 0.0252 e. The van der Waals surface area contributed by atoms with Crippen molar-refractivity contribution in [3.8, 4) is 0 Å². The van der Waals surface area contributed by atoms with E-state index in [9.17, 15) is 0 Å². The molecule has 1 spiro atoms. The molecule has 0 heterocycles. The Morgan fingerprint density at radius 2 is 2.07 bits per heavy atom. The van der Waals surface area contributed by atoms with Crippen LogP contribution in [0.3, 0.4) is 0 Å². The van der Waals surface area contributed by atoms with Crippen LogP contribution in [-0.4, -0.2) is 0 Å². The molecule has 0 radical (unpaired) electrons. The minimum Gasteiger partial charge on any atom is -0.0827 e. The van der Waals surface area contributed by atoms with Gasteiger partial charge >= 0.3 is 0 Å². The zero-order valence-corrected chi connectivity index (χ0v) is 9.97. The Hall–Kier alpha value is -0.260. The molecular formula is C14H24. The lowest BCUT2D eigenvalue weighted by Gasteiger charge is -2.44. The van der Waals surface area contributed by atoms with Crippen LogP contribution in [0.4, 0.5) is 0 Å². The second-order valence-corrected chi connectivity index (χ2v) is 6.07. The lowest BCUT2D eigenvalue weighted by molar-refractivity contribution is 0.111. The quantitative estimate of drug-likeness (QED) is 0.494. The molecule has 0 aromatic heterocycles. The molecule has 0 saturated heterocycles. The van der Waals surface area contributed by atoms with Crippen molar-refractivity contribution in [3.05, 3.63) is 11.6 Å². The third-order valence-electron chi connectivity index (χ3n) is 4.16. The van der Waals surface area contributed by atoms with E-state index in [1.165, 1.54) is 38.5 Å². The maximum atomic E-state index is 2.49. The molecule has 0 bridgehead atoms. The molecule has 14 heavy (non-hydrogen) atoms. The molecule has 2 aliphatic carbocycles. The molecule has 0 amide bonds. The highest BCUT2D eigenvalue weighted by molar-refractivity contribution is 5.11. The predicted octanol–water partition coefficient (Wildman–Crippen LogP) is 4.56. The normalized spacial score (nSPS) is 43.8. The molecule has 2 rings (SSSR count). The lowest BCUT2D eigenvalue weighted by atomic mass is 9.61. The summed E-state index contributed by atoms with van der Waals surface area (Å²) in [6.45, 7) is 7.17. The van der Waals surface area contributed by atoms with Crippen LogP contribution in [0.2, 0.25) is 0 Å². The van der Waals surface area contributed by atoms with Gasteiger partial charge in [-0.25, -0.2) is 0 Å². The van der Waals surface area contributed by atoms with Gasteiger partial charge in [0, 0.05) is 0 Å². The summed E-state index contributed by atoms with van der Waals surface area (Å²) in [5.41, 5.74) is 2.36. The summed E-state index contributed by atoms with van der Waals surface area (Å²) in [7, 11) is 0. The Labute approximate surface area is 88.8 Å². The van der Waals surface area contributed by atoms with Gasteiger partial charge in [-0.15, -0.1) is 0 Å². The summed E-state index contributed by atoms with van der Waals surface area (Å²) in [5.74, 6) is 1.80. The predicted molar refractivity (Wildman–Crippen MR) is 62.2 cm³/mol. The monoisotopic (exact) mass is 192 g/mol. The summed E-state index contributed by atoms with van der Waals surface area (Å²) in [5, 5.41) is 0. The second kappa shape index (κ2) is 3.72. The van der Waals surface area contributed by atoms with Gasteiger partial charge in [-0.1, -0.05) is 38.3 Å². The maximum Gasteiger partial charge on any atom is -0.0252 e. The molecule has 0 aliphatic heterocycles. The van der Waals surface area contributed by atoms with Crippen molar-refractivity contribution in [1.82, 2.24) is 0 Å². The van der Waals surface area contributed by atoms with Gasteiger partial charge in [0.25, 0.3) is 0 Å². The SMILES string of the molecule is CC1=CC(C)CC2(CCCC(C)C2)C1. The van der Waals surface area contributed by atoms with Crippen molar-refractivity contribution >= 4 is 0 Å². The molecule has 2 aliphatic rings. The molecular weight excluding hydrogens is 168 g/mol. The minimum atomic E-state index is 0.704. The fourth-order valence-corrected chi connectivity index (χ4v) is 4.07. The van der Waals surface area contributed by atoms with Gasteiger partial charge in [0.2, 0.25) is 0 Å². The number of hydrogen-bond donors (Lipinski definition) is 0. The summed E-state index contributed by atoms with van der Waals surface area (Å²) in [6, 6.07) is 0. The Morgan fingerprint density at radius 3 is 2.71 bits per heavy atom. The zero-order chi connectivity index (χ0) is 10.2. The molecule has 1 saturated carbocycles. The van der Waals surface area contributed by atoms with Crippen LogP contribution in [-0.2, 0) is 0 Å². The van der Waals surface area contributed by atoms with E-state index in [2.05, 4.69) is 26.8 Å². The molecule has 0 aromatic carbocycles. The van der Waals surface area contributed by atoms with Crippen LogP contribution in [0.25, 0.3) is 0 Å². The van der Waals surface area contributed by atoms with E-state index in [1.54, 1.807) is 5.57 Å². The highest BCUT2D eigenvalue weighted by atomic mass is 14.4. The Morgan fingerprint density at radius 1 is 1.29 bits per heavy atom. The average molecular weight is 192 g/mol. The Bertz CT molecular complexity index is 238. The standard InChI is InChI=1S/C14H24/c1-11-5-4-6-14(8-11)9-12(2)7-13(3)10-14/h7,11-12H,4-6,8-10H2,1-3H3. The van der Waals surface area contributed by atoms with E-state index >= 15 is 0 Å².